The lowest BCUT2D eigenvalue weighted by molar-refractivity contribution is 0.101. The van der Waals surface area contributed by atoms with Crippen molar-refractivity contribution in [3.05, 3.63) is 106 Å². The normalized spacial score (nSPS) is 16.8. The minimum absolute atomic E-state index is 0.0640. The van der Waals surface area contributed by atoms with Crippen LogP contribution in [0.25, 0.3) is 0 Å². The summed E-state index contributed by atoms with van der Waals surface area (Å²) in [5, 5.41) is 19.7. The van der Waals surface area contributed by atoms with Gasteiger partial charge in [-0.1, -0.05) is 41.6 Å². The number of nitrogens with zero attached hydrogens (tertiary/aromatic N) is 4. The Morgan fingerprint density at radius 3 is 2.48 bits per heavy atom. The number of hydrogen-bond acceptors (Lipinski definition) is 7. The minimum Gasteiger partial charge on any atom is -0.368 e. The number of nitrogens with one attached hydrogen (secondary N) is 2. The van der Waals surface area contributed by atoms with Crippen molar-refractivity contribution in [3.63, 3.8) is 0 Å². The fourth-order valence-corrected chi connectivity index (χ4v) is 5.74. The molecule has 0 radical (unpaired) electrons. The summed E-state index contributed by atoms with van der Waals surface area (Å²) in [4.78, 5) is 30.4. The largest absolute Gasteiger partial charge is 0.368 e. The number of amides is 2. The predicted octanol–water partition coefficient (Wildman–Crippen LogP) is 4.89. The molecule has 2 amide bonds. The molecule has 40 heavy (non-hydrogen) atoms. The van der Waals surface area contributed by atoms with Crippen LogP contribution in [0.4, 0.5) is 17.1 Å². The monoisotopic (exact) mass is 532 g/mol. The molecule has 4 aromatic rings. The number of rotatable bonds is 4. The highest BCUT2D eigenvalue weighted by Gasteiger charge is 2.33. The molecule has 9 nitrogen and oxygen atoms in total. The number of carbonyl (C=O) groups excluding carboxylic acids is 2. The van der Waals surface area contributed by atoms with E-state index in [4.69, 9.17) is 4.52 Å². The average Bonchev–Trinajstić information content (AvgIpc) is 3.25. The van der Waals surface area contributed by atoms with Gasteiger partial charge in [0.1, 0.15) is 17.4 Å². The Hall–Kier alpha value is -4.94. The first-order valence-electron chi connectivity index (χ1n) is 13.2. The van der Waals surface area contributed by atoms with E-state index < -0.39 is 0 Å². The number of carbonyl (C=O) groups is 2. The molecule has 3 aromatic carbocycles. The molecule has 0 saturated carbocycles. The molecule has 1 aromatic heterocycles. The molecule has 9 heteroatoms. The molecule has 0 bridgehead atoms. The van der Waals surface area contributed by atoms with Gasteiger partial charge in [0.15, 0.2) is 0 Å². The van der Waals surface area contributed by atoms with Gasteiger partial charge in [-0.25, -0.2) is 0 Å². The Kier molecular flexibility index (Phi) is 6.54. The van der Waals surface area contributed by atoms with Crippen molar-refractivity contribution in [1.82, 2.24) is 10.1 Å². The third-order valence-corrected chi connectivity index (χ3v) is 7.66. The topological polar surface area (TPSA) is 114 Å². The zero-order chi connectivity index (χ0) is 27.8. The van der Waals surface area contributed by atoms with Crippen LogP contribution in [0.3, 0.4) is 0 Å². The number of piperazine rings is 1. The van der Waals surface area contributed by atoms with Gasteiger partial charge in [0.05, 0.1) is 23.0 Å². The minimum atomic E-state index is -0.321. The molecule has 200 valence electrons. The van der Waals surface area contributed by atoms with E-state index in [1.54, 1.807) is 19.9 Å². The summed E-state index contributed by atoms with van der Waals surface area (Å²) in [7, 11) is 0. The highest BCUT2D eigenvalue weighted by atomic mass is 16.5. The molecular weight excluding hydrogens is 504 g/mol. The van der Waals surface area contributed by atoms with Gasteiger partial charge in [-0.15, -0.1) is 0 Å². The zero-order valence-corrected chi connectivity index (χ0v) is 22.3. The van der Waals surface area contributed by atoms with Crippen molar-refractivity contribution < 1.29 is 14.1 Å². The van der Waals surface area contributed by atoms with Gasteiger partial charge in [-0.2, -0.15) is 5.26 Å². The lowest BCUT2D eigenvalue weighted by atomic mass is 9.93. The average molecular weight is 533 g/mol. The molecule has 6 rings (SSSR count). The second-order valence-corrected chi connectivity index (χ2v) is 10.1. The Morgan fingerprint density at radius 2 is 1.75 bits per heavy atom. The summed E-state index contributed by atoms with van der Waals surface area (Å²) in [6.07, 6.45) is 0. The molecule has 2 N–H and O–H groups in total. The van der Waals surface area contributed by atoms with E-state index in [-0.39, 0.29) is 17.9 Å². The van der Waals surface area contributed by atoms with Crippen LogP contribution in [0.2, 0.25) is 0 Å². The Balaban J connectivity index is 1.22. The molecule has 2 aliphatic rings. The summed E-state index contributed by atoms with van der Waals surface area (Å²) in [5.41, 5.74) is 6.36. The van der Waals surface area contributed by atoms with Crippen LogP contribution < -0.4 is 15.5 Å². The van der Waals surface area contributed by atoms with E-state index in [1.165, 1.54) is 0 Å². The lowest BCUT2D eigenvalue weighted by Crippen LogP contribution is -2.48. The fourth-order valence-electron chi connectivity index (χ4n) is 5.74. The lowest BCUT2D eigenvalue weighted by Gasteiger charge is -2.41. The summed E-state index contributed by atoms with van der Waals surface area (Å²) in [5.74, 6) is 0.0342. The number of aryl methyl sites for hydroxylation is 2. The van der Waals surface area contributed by atoms with Gasteiger partial charge in [0.25, 0.3) is 11.8 Å². The Labute approximate surface area is 232 Å². The predicted molar refractivity (Wildman–Crippen MR) is 152 cm³/mol. The van der Waals surface area contributed by atoms with Gasteiger partial charge in [-0.05, 0) is 55.3 Å². The van der Waals surface area contributed by atoms with Crippen molar-refractivity contribution in [2.45, 2.75) is 19.9 Å². The molecule has 1 saturated heterocycles. The number of benzene rings is 3. The van der Waals surface area contributed by atoms with Crippen LogP contribution in [0.1, 0.15) is 54.9 Å². The van der Waals surface area contributed by atoms with Crippen molar-refractivity contribution in [3.8, 4) is 6.07 Å². The number of para-hydroxylation sites is 1. The van der Waals surface area contributed by atoms with Crippen LogP contribution in [0, 0.1) is 25.2 Å². The van der Waals surface area contributed by atoms with Gasteiger partial charge in [-0.3, -0.25) is 14.5 Å². The first-order valence-corrected chi connectivity index (χ1v) is 13.2. The maximum absolute atomic E-state index is 13.0. The van der Waals surface area contributed by atoms with E-state index >= 15 is 0 Å². The van der Waals surface area contributed by atoms with E-state index in [9.17, 15) is 14.9 Å². The number of nitriles is 1. The maximum atomic E-state index is 13.0. The fraction of sp³-hybridized carbons (Fsp3) is 0.226. The third kappa shape index (κ3) is 4.48. The summed E-state index contributed by atoms with van der Waals surface area (Å²) < 4.78 is 5.11. The van der Waals surface area contributed by atoms with Crippen LogP contribution in [0.15, 0.2) is 71.3 Å². The SMILES string of the molecule is Cc1noc(C)c1C(=O)Nc1ccc(N2CCN(C3c4ccccc4NC(=O)c4ccccc43)CC2)c(C#N)c1. The molecule has 1 fully saturated rings. The second kappa shape index (κ2) is 10.3. The summed E-state index contributed by atoms with van der Waals surface area (Å²) >= 11 is 0. The quantitative estimate of drug-likeness (QED) is 0.385. The Morgan fingerprint density at radius 1 is 1.02 bits per heavy atom. The zero-order valence-electron chi connectivity index (χ0n) is 22.3. The van der Waals surface area contributed by atoms with Crippen LogP contribution in [-0.4, -0.2) is 48.0 Å². The molecule has 1 atom stereocenters. The number of aromatic nitrogens is 1. The van der Waals surface area contributed by atoms with Gasteiger partial charge >= 0.3 is 0 Å². The molecular formula is C31H28N6O3. The first kappa shape index (κ1) is 25.3. The maximum Gasteiger partial charge on any atom is 0.261 e. The molecule has 2 aliphatic heterocycles. The molecule has 0 spiro atoms. The van der Waals surface area contributed by atoms with Crippen molar-refractivity contribution in [2.24, 2.45) is 0 Å². The van der Waals surface area contributed by atoms with Crippen LogP contribution >= 0.6 is 0 Å². The van der Waals surface area contributed by atoms with E-state index in [0.29, 0.717) is 46.9 Å². The van der Waals surface area contributed by atoms with Crippen molar-refractivity contribution in [1.29, 1.82) is 5.26 Å². The molecule has 0 aliphatic carbocycles. The summed E-state index contributed by atoms with van der Waals surface area (Å²) in [6.45, 7) is 6.33. The number of anilines is 3. The van der Waals surface area contributed by atoms with Crippen LogP contribution in [0.5, 0.6) is 0 Å². The van der Waals surface area contributed by atoms with Gasteiger partial charge in [0.2, 0.25) is 0 Å². The smallest absolute Gasteiger partial charge is 0.261 e. The van der Waals surface area contributed by atoms with Gasteiger partial charge < -0.3 is 20.1 Å². The van der Waals surface area contributed by atoms with Gasteiger partial charge in [0, 0.05) is 43.1 Å². The van der Waals surface area contributed by atoms with E-state index in [2.05, 4.69) is 37.7 Å². The number of fused-ring (bicyclic) bond motifs is 2. The highest BCUT2D eigenvalue weighted by Crippen LogP contribution is 2.39. The van der Waals surface area contributed by atoms with E-state index in [0.717, 1.165) is 35.6 Å². The second-order valence-electron chi connectivity index (χ2n) is 10.1. The van der Waals surface area contributed by atoms with E-state index in [1.807, 2.05) is 54.6 Å². The highest BCUT2D eigenvalue weighted by molar-refractivity contribution is 6.07. The van der Waals surface area contributed by atoms with Crippen molar-refractivity contribution >= 4 is 28.9 Å². The molecule has 3 heterocycles. The first-order chi connectivity index (χ1) is 19.4. The summed E-state index contributed by atoms with van der Waals surface area (Å²) in [6, 6.07) is 23.4. The van der Waals surface area contributed by atoms with Crippen molar-refractivity contribution in [2.75, 3.05) is 41.7 Å². The standard InChI is InChI=1S/C31H28N6O3/c1-19-28(20(2)40-35-19)31(39)33-22-11-12-27(21(17-22)18-32)36-13-15-37(16-14-36)29-23-7-3-4-8-24(23)30(38)34-26-10-6-5-9-25(26)29/h3-12,17,29H,13-16H2,1-2H3,(H,33,39)(H,34,38). The Bertz CT molecular complexity index is 1640. The van der Waals surface area contributed by atoms with Crippen LogP contribution in [-0.2, 0) is 0 Å². The molecule has 1 unspecified atom stereocenters. The number of hydrogen-bond donors (Lipinski definition) is 2. The third-order valence-electron chi connectivity index (χ3n) is 7.66.